The Morgan fingerprint density at radius 2 is 1.96 bits per heavy atom. The maximum atomic E-state index is 12.1. The highest BCUT2D eigenvalue weighted by atomic mass is 35.5. The molecule has 2 aromatic carbocycles. The number of amides is 1. The van der Waals surface area contributed by atoms with Gasteiger partial charge in [-0.1, -0.05) is 42.7 Å². The first-order valence-corrected chi connectivity index (χ1v) is 9.38. The Hall–Kier alpha value is -2.86. The lowest BCUT2D eigenvalue weighted by atomic mass is 10.0. The number of hydrogen-bond donors (Lipinski definition) is 1. The molecule has 1 amide bonds. The van der Waals surface area contributed by atoms with E-state index in [9.17, 15) is 4.79 Å². The van der Waals surface area contributed by atoms with Crippen LogP contribution in [0.4, 0.5) is 0 Å². The minimum atomic E-state index is -0.262. The van der Waals surface area contributed by atoms with E-state index >= 15 is 0 Å². The topological polar surface area (TPSA) is 77.2 Å². The Bertz CT molecular complexity index is 952. The molecule has 0 saturated heterocycles. The molecule has 3 rings (SSSR count). The summed E-state index contributed by atoms with van der Waals surface area (Å²) in [5.74, 6) is 1.54. The summed E-state index contributed by atoms with van der Waals surface area (Å²) < 4.78 is 10.9. The van der Waals surface area contributed by atoms with Crippen molar-refractivity contribution in [1.29, 1.82) is 0 Å². The van der Waals surface area contributed by atoms with Gasteiger partial charge in [-0.05, 0) is 54.3 Å². The van der Waals surface area contributed by atoms with Crippen LogP contribution in [0.15, 0.2) is 47.0 Å². The maximum absolute atomic E-state index is 12.1. The lowest BCUT2D eigenvalue weighted by Gasteiger charge is -2.14. The molecular formula is C21H22ClN3O3. The molecule has 0 radical (unpaired) electrons. The zero-order valence-corrected chi connectivity index (χ0v) is 16.8. The van der Waals surface area contributed by atoms with Crippen LogP contribution in [0.1, 0.15) is 36.8 Å². The summed E-state index contributed by atoms with van der Waals surface area (Å²) in [6.45, 7) is 6.22. The first-order chi connectivity index (χ1) is 13.4. The van der Waals surface area contributed by atoms with Gasteiger partial charge in [-0.3, -0.25) is 4.79 Å². The number of nitrogens with zero attached hydrogens (tertiary/aromatic N) is 2. The van der Waals surface area contributed by atoms with E-state index in [0.29, 0.717) is 22.7 Å². The molecule has 0 unspecified atom stereocenters. The number of rotatable bonds is 7. The second kappa shape index (κ2) is 8.89. The van der Waals surface area contributed by atoms with E-state index in [1.54, 1.807) is 24.3 Å². The summed E-state index contributed by atoms with van der Waals surface area (Å²) >= 11 is 5.87. The van der Waals surface area contributed by atoms with Crippen LogP contribution in [-0.2, 0) is 11.3 Å². The molecule has 1 N–H and O–H groups in total. The lowest BCUT2D eigenvalue weighted by Crippen LogP contribution is -2.28. The predicted octanol–water partition coefficient (Wildman–Crippen LogP) is 4.52. The van der Waals surface area contributed by atoms with Gasteiger partial charge in [-0.15, -0.1) is 0 Å². The van der Waals surface area contributed by atoms with E-state index in [2.05, 4.69) is 29.3 Å². The third kappa shape index (κ3) is 5.10. The Morgan fingerprint density at radius 3 is 2.68 bits per heavy atom. The predicted molar refractivity (Wildman–Crippen MR) is 107 cm³/mol. The van der Waals surface area contributed by atoms with Crippen LogP contribution in [0.25, 0.3) is 11.4 Å². The molecule has 3 aromatic rings. The summed E-state index contributed by atoms with van der Waals surface area (Å²) in [5, 5.41) is 7.27. The summed E-state index contributed by atoms with van der Waals surface area (Å²) in [4.78, 5) is 16.4. The van der Waals surface area contributed by atoms with Gasteiger partial charge in [0, 0.05) is 10.6 Å². The smallest absolute Gasteiger partial charge is 0.258 e. The number of halogens is 1. The van der Waals surface area contributed by atoms with Crippen LogP contribution in [-0.4, -0.2) is 22.7 Å². The van der Waals surface area contributed by atoms with Crippen molar-refractivity contribution in [3.05, 3.63) is 64.5 Å². The molecular weight excluding hydrogens is 378 g/mol. The molecule has 0 fully saturated rings. The van der Waals surface area contributed by atoms with E-state index in [0.717, 1.165) is 22.4 Å². The maximum Gasteiger partial charge on any atom is 0.258 e. The summed E-state index contributed by atoms with van der Waals surface area (Å²) in [7, 11) is 0. The fourth-order valence-electron chi connectivity index (χ4n) is 2.65. The number of nitrogens with one attached hydrogen (secondary N) is 1. The molecule has 6 nitrogen and oxygen atoms in total. The first kappa shape index (κ1) is 19.9. The van der Waals surface area contributed by atoms with E-state index in [4.69, 9.17) is 20.9 Å². The number of carbonyl (C=O) groups excluding carboxylic acids is 1. The molecule has 28 heavy (non-hydrogen) atoms. The highest BCUT2D eigenvalue weighted by Crippen LogP contribution is 2.27. The van der Waals surface area contributed by atoms with Crippen LogP contribution >= 0.6 is 11.6 Å². The molecule has 7 heteroatoms. The fourth-order valence-corrected chi connectivity index (χ4v) is 2.78. The van der Waals surface area contributed by atoms with Gasteiger partial charge in [-0.25, -0.2) is 0 Å². The Balaban J connectivity index is 1.54. The fraction of sp³-hybridized carbons (Fsp3) is 0.286. The lowest BCUT2D eigenvalue weighted by molar-refractivity contribution is -0.123. The molecule has 146 valence electrons. The van der Waals surface area contributed by atoms with E-state index in [1.807, 2.05) is 25.1 Å². The number of carbonyl (C=O) groups is 1. The zero-order valence-electron chi connectivity index (χ0n) is 16.0. The quantitative estimate of drug-likeness (QED) is 0.632. The van der Waals surface area contributed by atoms with Crippen LogP contribution in [0.3, 0.4) is 0 Å². The average Bonchev–Trinajstić information content (AvgIpc) is 3.14. The second-order valence-corrected chi connectivity index (χ2v) is 7.22. The van der Waals surface area contributed by atoms with Gasteiger partial charge in [0.15, 0.2) is 6.61 Å². The van der Waals surface area contributed by atoms with Gasteiger partial charge in [0.2, 0.25) is 11.7 Å². The molecule has 1 heterocycles. The highest BCUT2D eigenvalue weighted by molar-refractivity contribution is 6.30. The minimum absolute atomic E-state index is 0.0820. The van der Waals surface area contributed by atoms with Gasteiger partial charge in [-0.2, -0.15) is 4.98 Å². The third-order valence-corrected chi connectivity index (χ3v) is 4.41. The van der Waals surface area contributed by atoms with Gasteiger partial charge < -0.3 is 14.6 Å². The number of benzene rings is 2. The van der Waals surface area contributed by atoms with Crippen LogP contribution in [0.5, 0.6) is 5.75 Å². The van der Waals surface area contributed by atoms with Crippen molar-refractivity contribution in [3.63, 3.8) is 0 Å². The Labute approximate surface area is 168 Å². The van der Waals surface area contributed by atoms with Crippen LogP contribution < -0.4 is 10.1 Å². The zero-order chi connectivity index (χ0) is 20.1. The van der Waals surface area contributed by atoms with Crippen molar-refractivity contribution in [2.24, 2.45) is 0 Å². The molecule has 1 aromatic heterocycles. The highest BCUT2D eigenvalue weighted by Gasteiger charge is 2.12. The van der Waals surface area contributed by atoms with E-state index < -0.39 is 0 Å². The van der Waals surface area contributed by atoms with Gasteiger partial charge >= 0.3 is 0 Å². The Morgan fingerprint density at radius 1 is 1.21 bits per heavy atom. The molecule has 0 saturated carbocycles. The van der Waals surface area contributed by atoms with Crippen molar-refractivity contribution in [2.45, 2.75) is 33.2 Å². The Kier molecular flexibility index (Phi) is 6.31. The molecule has 0 atom stereocenters. The summed E-state index contributed by atoms with van der Waals surface area (Å²) in [5.41, 5.74) is 2.94. The molecule has 0 aliphatic heterocycles. The standard InChI is InChI=1S/C21H22ClN3O3/c1-13(2)17-9-4-14(3)10-18(17)27-12-19(26)23-11-20-24-21(25-28-20)15-5-7-16(22)8-6-15/h4-10,13H,11-12H2,1-3H3,(H,23,26). The van der Waals surface area contributed by atoms with Gasteiger partial charge in [0.25, 0.3) is 5.91 Å². The molecule has 0 bridgehead atoms. The van der Waals surface area contributed by atoms with Gasteiger partial charge in [0.1, 0.15) is 5.75 Å². The third-order valence-electron chi connectivity index (χ3n) is 4.16. The van der Waals surface area contributed by atoms with E-state index in [-0.39, 0.29) is 19.1 Å². The summed E-state index contributed by atoms with van der Waals surface area (Å²) in [6.07, 6.45) is 0. The number of aromatic nitrogens is 2. The SMILES string of the molecule is Cc1ccc(C(C)C)c(OCC(=O)NCc2nc(-c3ccc(Cl)cc3)no2)c1. The number of hydrogen-bond acceptors (Lipinski definition) is 5. The number of ether oxygens (including phenoxy) is 1. The minimum Gasteiger partial charge on any atom is -0.483 e. The largest absolute Gasteiger partial charge is 0.483 e. The van der Waals surface area contributed by atoms with Crippen molar-refractivity contribution in [2.75, 3.05) is 6.61 Å². The van der Waals surface area contributed by atoms with Crippen molar-refractivity contribution >= 4 is 17.5 Å². The van der Waals surface area contributed by atoms with Crippen LogP contribution in [0, 0.1) is 6.92 Å². The van der Waals surface area contributed by atoms with Crippen LogP contribution in [0.2, 0.25) is 5.02 Å². The van der Waals surface area contributed by atoms with Crippen molar-refractivity contribution in [1.82, 2.24) is 15.5 Å². The van der Waals surface area contributed by atoms with Gasteiger partial charge in [0.05, 0.1) is 6.54 Å². The summed E-state index contributed by atoms with van der Waals surface area (Å²) in [6, 6.07) is 13.1. The number of aryl methyl sites for hydroxylation is 1. The monoisotopic (exact) mass is 399 g/mol. The van der Waals surface area contributed by atoms with E-state index in [1.165, 1.54) is 0 Å². The molecule has 0 spiro atoms. The average molecular weight is 400 g/mol. The molecule has 0 aliphatic carbocycles. The normalized spacial score (nSPS) is 10.9. The second-order valence-electron chi connectivity index (χ2n) is 6.78. The first-order valence-electron chi connectivity index (χ1n) is 9.01. The molecule has 0 aliphatic rings. The van der Waals surface area contributed by atoms with Crippen molar-refractivity contribution < 1.29 is 14.1 Å². The van der Waals surface area contributed by atoms with Crippen molar-refractivity contribution in [3.8, 4) is 17.1 Å².